The lowest BCUT2D eigenvalue weighted by Gasteiger charge is -2.08. The second kappa shape index (κ2) is 7.26. The van der Waals surface area contributed by atoms with Gasteiger partial charge in [-0.2, -0.15) is 0 Å². The Morgan fingerprint density at radius 2 is 1.95 bits per heavy atom. The van der Waals surface area contributed by atoms with E-state index in [1.165, 1.54) is 0 Å². The molecule has 3 N–H and O–H groups in total. The van der Waals surface area contributed by atoms with Crippen LogP contribution < -0.4 is 5.32 Å². The molecule has 3 nitrogen and oxygen atoms in total. The number of hydrogen-bond acceptors (Lipinski definition) is 2. The highest BCUT2D eigenvalue weighted by atomic mass is 35.5. The van der Waals surface area contributed by atoms with Crippen LogP contribution in [0.4, 0.5) is 0 Å². The predicted octanol–water partition coefficient (Wildman–Crippen LogP) is 3.35. The van der Waals surface area contributed by atoms with E-state index in [9.17, 15) is 5.11 Å². The molecule has 5 heteroatoms. The molecule has 0 atom stereocenters. The predicted molar refractivity (Wildman–Crippen MR) is 85.9 cm³/mol. The minimum absolute atomic E-state index is 0. The first-order valence-corrected chi connectivity index (χ1v) is 6.34. The van der Waals surface area contributed by atoms with Crippen LogP contribution in [0.1, 0.15) is 12.0 Å². The maximum atomic E-state index is 10.2. The van der Waals surface area contributed by atoms with Crippen molar-refractivity contribution in [2.45, 2.75) is 12.8 Å². The van der Waals surface area contributed by atoms with Crippen LogP contribution in [0.25, 0.3) is 10.8 Å². The first kappa shape index (κ1) is 15.7. The van der Waals surface area contributed by atoms with E-state index < -0.39 is 0 Å². The average molecular weight is 297 g/mol. The number of benzene rings is 2. The summed E-state index contributed by atoms with van der Waals surface area (Å²) in [5, 5.41) is 22.3. The number of hydrogen-bond donors (Lipinski definition) is 4. The van der Waals surface area contributed by atoms with Gasteiger partial charge in [0.05, 0.1) is 0 Å². The summed E-state index contributed by atoms with van der Waals surface area (Å²) in [5.41, 5.74) is 0.946. The SMILES string of the molecule is Cl.N=C(S)NCCCc1ccc2ccccc2c1O. The summed E-state index contributed by atoms with van der Waals surface area (Å²) in [7, 11) is 0. The van der Waals surface area contributed by atoms with Gasteiger partial charge in [0.1, 0.15) is 5.75 Å². The van der Waals surface area contributed by atoms with Crippen molar-refractivity contribution in [3.8, 4) is 5.75 Å². The Morgan fingerprint density at radius 1 is 1.21 bits per heavy atom. The van der Waals surface area contributed by atoms with Crippen LogP contribution in [0.5, 0.6) is 5.75 Å². The van der Waals surface area contributed by atoms with Crippen molar-refractivity contribution in [2.75, 3.05) is 6.54 Å². The van der Waals surface area contributed by atoms with E-state index in [0.717, 1.165) is 29.2 Å². The third-order valence-corrected chi connectivity index (χ3v) is 3.06. The number of rotatable bonds is 4. The maximum absolute atomic E-state index is 10.2. The number of halogens is 1. The van der Waals surface area contributed by atoms with E-state index in [1.807, 2.05) is 36.4 Å². The van der Waals surface area contributed by atoms with Crippen molar-refractivity contribution < 1.29 is 5.11 Å². The molecule has 0 aliphatic rings. The van der Waals surface area contributed by atoms with Gasteiger partial charge in [-0.1, -0.05) is 36.4 Å². The second-order valence-electron chi connectivity index (χ2n) is 4.17. The van der Waals surface area contributed by atoms with E-state index in [-0.39, 0.29) is 17.6 Å². The average Bonchev–Trinajstić information content (AvgIpc) is 2.37. The molecule has 0 spiro atoms. The van der Waals surface area contributed by atoms with E-state index in [1.54, 1.807) is 0 Å². The van der Waals surface area contributed by atoms with Crippen LogP contribution >= 0.6 is 25.0 Å². The molecule has 0 bridgehead atoms. The van der Waals surface area contributed by atoms with Crippen molar-refractivity contribution in [1.82, 2.24) is 5.32 Å². The quantitative estimate of drug-likeness (QED) is 0.303. The van der Waals surface area contributed by atoms with Crippen molar-refractivity contribution in [1.29, 1.82) is 5.41 Å². The highest BCUT2D eigenvalue weighted by Gasteiger charge is 2.05. The maximum Gasteiger partial charge on any atom is 0.150 e. The van der Waals surface area contributed by atoms with Gasteiger partial charge in [0.25, 0.3) is 0 Å². The molecule has 0 amide bonds. The Bertz CT molecular complexity index is 574. The van der Waals surface area contributed by atoms with Crippen molar-refractivity contribution in [2.24, 2.45) is 0 Å². The third-order valence-electron chi connectivity index (χ3n) is 2.90. The molecule has 0 radical (unpaired) electrons. The lowest BCUT2D eigenvalue weighted by molar-refractivity contribution is 0.473. The van der Waals surface area contributed by atoms with E-state index in [2.05, 4.69) is 17.9 Å². The Kier molecular flexibility index (Phi) is 5.99. The minimum atomic E-state index is 0. The van der Waals surface area contributed by atoms with Crippen LogP contribution in [0.15, 0.2) is 36.4 Å². The number of phenols is 1. The molecule has 0 saturated carbocycles. The monoisotopic (exact) mass is 296 g/mol. The number of nitrogens with one attached hydrogen (secondary N) is 2. The van der Waals surface area contributed by atoms with Gasteiger partial charge >= 0.3 is 0 Å². The van der Waals surface area contributed by atoms with Crippen molar-refractivity contribution in [3.63, 3.8) is 0 Å². The fraction of sp³-hybridized carbons (Fsp3) is 0.214. The normalized spacial score (nSPS) is 9.95. The Labute approximate surface area is 124 Å². The lowest BCUT2D eigenvalue weighted by atomic mass is 10.0. The number of fused-ring (bicyclic) bond motifs is 1. The van der Waals surface area contributed by atoms with Crippen molar-refractivity contribution >= 4 is 41.0 Å². The topological polar surface area (TPSA) is 56.1 Å². The van der Waals surface area contributed by atoms with Gasteiger partial charge in [0, 0.05) is 11.9 Å². The van der Waals surface area contributed by atoms with E-state index in [4.69, 9.17) is 5.41 Å². The fourth-order valence-electron chi connectivity index (χ4n) is 1.99. The van der Waals surface area contributed by atoms with Crippen molar-refractivity contribution in [3.05, 3.63) is 42.0 Å². The molecule has 19 heavy (non-hydrogen) atoms. The third kappa shape index (κ3) is 4.04. The molecular weight excluding hydrogens is 280 g/mol. The first-order valence-electron chi connectivity index (χ1n) is 5.89. The zero-order chi connectivity index (χ0) is 13.0. The number of aromatic hydroxyl groups is 1. The summed E-state index contributed by atoms with van der Waals surface area (Å²) in [6.07, 6.45) is 1.64. The molecule has 0 aliphatic heterocycles. The van der Waals surface area contributed by atoms with Gasteiger partial charge in [-0.15, -0.1) is 25.0 Å². The van der Waals surface area contributed by atoms with Gasteiger partial charge in [-0.05, 0) is 23.8 Å². The molecule has 0 aromatic heterocycles. The zero-order valence-electron chi connectivity index (χ0n) is 10.4. The summed E-state index contributed by atoms with van der Waals surface area (Å²) < 4.78 is 0. The first-order chi connectivity index (χ1) is 8.68. The molecule has 2 rings (SSSR count). The Balaban J connectivity index is 0.00000180. The standard InChI is InChI=1S/C14H16N2OS.ClH/c15-14(18)16-9-3-5-11-8-7-10-4-1-2-6-12(10)13(11)17;/h1-2,4,6-8,17H,3,5,9H2,(H3,15,16,18);1H. The molecule has 102 valence electrons. The molecule has 2 aromatic carbocycles. The van der Waals surface area contributed by atoms with Crippen LogP contribution in [0, 0.1) is 5.41 Å². The van der Waals surface area contributed by atoms with Gasteiger partial charge in [-0.25, -0.2) is 0 Å². The van der Waals surface area contributed by atoms with Crippen LogP contribution in [-0.4, -0.2) is 16.8 Å². The molecule has 2 aromatic rings. The van der Waals surface area contributed by atoms with Crippen LogP contribution in [-0.2, 0) is 6.42 Å². The molecular formula is C14H17ClN2OS. The van der Waals surface area contributed by atoms with Gasteiger partial charge < -0.3 is 10.4 Å². The minimum Gasteiger partial charge on any atom is -0.507 e. The summed E-state index contributed by atoms with van der Waals surface area (Å²) in [6, 6.07) is 11.8. The summed E-state index contributed by atoms with van der Waals surface area (Å²) >= 11 is 3.85. The summed E-state index contributed by atoms with van der Waals surface area (Å²) in [6.45, 7) is 0.689. The Morgan fingerprint density at radius 3 is 2.68 bits per heavy atom. The highest BCUT2D eigenvalue weighted by Crippen LogP contribution is 2.29. The lowest BCUT2D eigenvalue weighted by Crippen LogP contribution is -2.18. The highest BCUT2D eigenvalue weighted by molar-refractivity contribution is 7.96. The number of thiol groups is 1. The number of aryl methyl sites for hydroxylation is 1. The van der Waals surface area contributed by atoms with Crippen LogP contribution in [0.3, 0.4) is 0 Å². The summed E-state index contributed by atoms with van der Waals surface area (Å²) in [5.74, 6) is 0.369. The zero-order valence-corrected chi connectivity index (χ0v) is 12.1. The largest absolute Gasteiger partial charge is 0.507 e. The van der Waals surface area contributed by atoms with Gasteiger partial charge in [0.15, 0.2) is 5.17 Å². The molecule has 0 fully saturated rings. The van der Waals surface area contributed by atoms with Crippen LogP contribution in [0.2, 0.25) is 0 Å². The second-order valence-corrected chi connectivity index (χ2v) is 4.62. The summed E-state index contributed by atoms with van der Waals surface area (Å²) in [4.78, 5) is 0. The molecule has 0 unspecified atom stereocenters. The fourth-order valence-corrected chi connectivity index (χ4v) is 2.10. The molecule has 0 saturated heterocycles. The number of phenolic OH excluding ortho intramolecular Hbond substituents is 1. The van der Waals surface area contributed by atoms with E-state index in [0.29, 0.717) is 12.3 Å². The van der Waals surface area contributed by atoms with Gasteiger partial charge in [0.2, 0.25) is 0 Å². The van der Waals surface area contributed by atoms with E-state index >= 15 is 0 Å². The van der Waals surface area contributed by atoms with Gasteiger partial charge in [-0.3, -0.25) is 5.41 Å². The number of amidine groups is 1. The Hall–Kier alpha value is -1.39. The smallest absolute Gasteiger partial charge is 0.150 e. The molecule has 0 heterocycles. The molecule has 0 aliphatic carbocycles.